The highest BCUT2D eigenvalue weighted by Crippen LogP contribution is 2.24. The Morgan fingerprint density at radius 1 is 1.44 bits per heavy atom. The summed E-state index contributed by atoms with van der Waals surface area (Å²) in [5, 5.41) is 3.12. The average molecular weight is 262 g/mol. The average Bonchev–Trinajstić information content (AvgIpc) is 2.36. The summed E-state index contributed by atoms with van der Waals surface area (Å²) >= 11 is 3.63. The minimum atomic E-state index is -0.234. The van der Waals surface area contributed by atoms with Gasteiger partial charge in [-0.2, -0.15) is 11.8 Å². The number of thioether (sulfide) groups is 2. The molecule has 0 aromatic rings. The molecule has 1 atom stereocenters. The molecule has 1 aliphatic rings. The summed E-state index contributed by atoms with van der Waals surface area (Å²) in [6.07, 6.45) is 1.80. The molecule has 1 rings (SSSR count). The second-order valence-electron chi connectivity index (χ2n) is 4.22. The van der Waals surface area contributed by atoms with Crippen molar-refractivity contribution in [3.05, 3.63) is 0 Å². The first kappa shape index (κ1) is 14.2. The Kier molecular flexibility index (Phi) is 6.00. The van der Waals surface area contributed by atoms with Crippen molar-refractivity contribution < 1.29 is 4.79 Å². The van der Waals surface area contributed by atoms with Crippen LogP contribution in [0.25, 0.3) is 0 Å². The third-order valence-electron chi connectivity index (χ3n) is 3.13. The lowest BCUT2D eigenvalue weighted by Gasteiger charge is -2.28. The highest BCUT2D eigenvalue weighted by molar-refractivity contribution is 8.07. The Morgan fingerprint density at radius 3 is 2.62 bits per heavy atom. The lowest BCUT2D eigenvalue weighted by atomic mass is 9.94. The SMILES string of the molecule is CCC(N)(CC)CNC(=O)C1CSCCS1. The normalized spacial score (nSPS) is 21.8. The second kappa shape index (κ2) is 6.77. The molecule has 3 N–H and O–H groups in total. The zero-order valence-corrected chi connectivity index (χ0v) is 11.8. The van der Waals surface area contributed by atoms with E-state index < -0.39 is 0 Å². The van der Waals surface area contributed by atoms with Crippen LogP contribution in [0.3, 0.4) is 0 Å². The standard InChI is InChI=1S/C11H22N2OS2/c1-3-11(12,4-2)8-13-10(14)9-7-15-5-6-16-9/h9H,3-8,12H2,1-2H3,(H,13,14). The Balaban J connectivity index is 2.33. The van der Waals surface area contributed by atoms with Gasteiger partial charge in [0.25, 0.3) is 0 Å². The van der Waals surface area contributed by atoms with Gasteiger partial charge in [0, 0.05) is 29.3 Å². The first-order valence-corrected chi connectivity index (χ1v) is 8.07. The molecule has 3 nitrogen and oxygen atoms in total. The Morgan fingerprint density at radius 2 is 2.12 bits per heavy atom. The van der Waals surface area contributed by atoms with Crippen molar-refractivity contribution in [2.24, 2.45) is 5.73 Å². The molecule has 1 unspecified atom stereocenters. The van der Waals surface area contributed by atoms with Gasteiger partial charge in [0.05, 0.1) is 5.25 Å². The molecule has 0 radical (unpaired) electrons. The van der Waals surface area contributed by atoms with E-state index in [1.165, 1.54) is 5.75 Å². The molecular weight excluding hydrogens is 240 g/mol. The van der Waals surface area contributed by atoms with Gasteiger partial charge in [-0.3, -0.25) is 4.79 Å². The summed E-state index contributed by atoms with van der Waals surface area (Å²) in [4.78, 5) is 11.9. The van der Waals surface area contributed by atoms with Crippen LogP contribution in [-0.4, -0.2) is 40.5 Å². The van der Waals surface area contributed by atoms with Crippen LogP contribution >= 0.6 is 23.5 Å². The van der Waals surface area contributed by atoms with Gasteiger partial charge < -0.3 is 11.1 Å². The molecule has 1 aliphatic heterocycles. The van der Waals surface area contributed by atoms with Crippen molar-refractivity contribution in [1.82, 2.24) is 5.32 Å². The van der Waals surface area contributed by atoms with Crippen LogP contribution in [-0.2, 0) is 4.79 Å². The van der Waals surface area contributed by atoms with Gasteiger partial charge in [-0.25, -0.2) is 0 Å². The molecule has 0 saturated carbocycles. The molecule has 0 aliphatic carbocycles. The van der Waals surface area contributed by atoms with Crippen LogP contribution in [0.15, 0.2) is 0 Å². The van der Waals surface area contributed by atoms with Gasteiger partial charge in [-0.1, -0.05) is 13.8 Å². The summed E-state index contributed by atoms with van der Waals surface area (Å²) < 4.78 is 0. The maximum absolute atomic E-state index is 11.9. The van der Waals surface area contributed by atoms with Gasteiger partial charge >= 0.3 is 0 Å². The van der Waals surface area contributed by atoms with Gasteiger partial charge in [0.2, 0.25) is 5.91 Å². The summed E-state index contributed by atoms with van der Waals surface area (Å²) in [7, 11) is 0. The third-order valence-corrected chi connectivity index (χ3v) is 5.89. The number of amides is 1. The summed E-state index contributed by atoms with van der Waals surface area (Å²) in [5.41, 5.74) is 5.91. The minimum absolute atomic E-state index is 0.122. The Hall–Kier alpha value is 0.130. The number of hydrogen-bond acceptors (Lipinski definition) is 4. The molecule has 16 heavy (non-hydrogen) atoms. The molecule has 0 aromatic carbocycles. The Bertz CT molecular complexity index is 226. The molecule has 94 valence electrons. The third kappa shape index (κ3) is 4.18. The predicted molar refractivity (Wildman–Crippen MR) is 74.1 cm³/mol. The van der Waals surface area contributed by atoms with Crippen LogP contribution in [0.1, 0.15) is 26.7 Å². The second-order valence-corrected chi connectivity index (χ2v) is 6.68. The number of rotatable bonds is 5. The largest absolute Gasteiger partial charge is 0.353 e. The first-order chi connectivity index (χ1) is 7.61. The Labute approximate surface area is 107 Å². The van der Waals surface area contributed by atoms with E-state index in [1.807, 2.05) is 11.8 Å². The van der Waals surface area contributed by atoms with Crippen molar-refractivity contribution in [1.29, 1.82) is 0 Å². The topological polar surface area (TPSA) is 55.1 Å². The molecule has 1 fully saturated rings. The van der Waals surface area contributed by atoms with E-state index in [-0.39, 0.29) is 16.7 Å². The molecule has 0 spiro atoms. The van der Waals surface area contributed by atoms with Crippen LogP contribution in [0, 0.1) is 0 Å². The van der Waals surface area contributed by atoms with Crippen LogP contribution in [0.4, 0.5) is 0 Å². The maximum Gasteiger partial charge on any atom is 0.234 e. The molecule has 0 aromatic heterocycles. The van der Waals surface area contributed by atoms with E-state index in [9.17, 15) is 4.79 Å². The van der Waals surface area contributed by atoms with E-state index in [4.69, 9.17) is 5.73 Å². The number of hydrogen-bond donors (Lipinski definition) is 2. The van der Waals surface area contributed by atoms with E-state index in [2.05, 4.69) is 19.2 Å². The highest BCUT2D eigenvalue weighted by Gasteiger charge is 2.25. The van der Waals surface area contributed by atoms with E-state index in [0.717, 1.165) is 24.3 Å². The number of carbonyl (C=O) groups is 1. The van der Waals surface area contributed by atoms with Crippen molar-refractivity contribution in [2.45, 2.75) is 37.5 Å². The number of nitrogens with two attached hydrogens (primary N) is 1. The number of carbonyl (C=O) groups excluding carboxylic acids is 1. The summed E-state index contributed by atoms with van der Waals surface area (Å²) in [6, 6.07) is 0. The minimum Gasteiger partial charge on any atom is -0.353 e. The maximum atomic E-state index is 11.9. The zero-order chi connectivity index (χ0) is 12.0. The fourth-order valence-electron chi connectivity index (χ4n) is 1.52. The highest BCUT2D eigenvalue weighted by atomic mass is 32.2. The first-order valence-electron chi connectivity index (χ1n) is 5.87. The monoisotopic (exact) mass is 262 g/mol. The van der Waals surface area contributed by atoms with Crippen molar-refractivity contribution in [3.8, 4) is 0 Å². The number of nitrogens with one attached hydrogen (secondary N) is 1. The van der Waals surface area contributed by atoms with Crippen LogP contribution < -0.4 is 11.1 Å². The van der Waals surface area contributed by atoms with E-state index >= 15 is 0 Å². The molecule has 5 heteroatoms. The summed E-state index contributed by atoms with van der Waals surface area (Å²) in [5.74, 6) is 3.35. The molecule has 1 amide bonds. The van der Waals surface area contributed by atoms with Crippen molar-refractivity contribution in [3.63, 3.8) is 0 Å². The summed E-state index contributed by atoms with van der Waals surface area (Å²) in [6.45, 7) is 4.74. The smallest absolute Gasteiger partial charge is 0.234 e. The lowest BCUT2D eigenvalue weighted by Crippen LogP contribution is -2.51. The van der Waals surface area contributed by atoms with Gasteiger partial charge in [0.1, 0.15) is 0 Å². The quantitative estimate of drug-likeness (QED) is 0.788. The van der Waals surface area contributed by atoms with E-state index in [0.29, 0.717) is 6.54 Å². The molecule has 0 bridgehead atoms. The van der Waals surface area contributed by atoms with Gasteiger partial charge in [0.15, 0.2) is 0 Å². The van der Waals surface area contributed by atoms with Crippen LogP contribution in [0.2, 0.25) is 0 Å². The fourth-order valence-corrected chi connectivity index (χ4v) is 4.10. The van der Waals surface area contributed by atoms with Gasteiger partial charge in [-0.15, -0.1) is 11.8 Å². The molecular formula is C11H22N2OS2. The fraction of sp³-hybridized carbons (Fsp3) is 0.909. The molecule has 1 heterocycles. The predicted octanol–water partition coefficient (Wildman–Crippen LogP) is 1.47. The van der Waals surface area contributed by atoms with Gasteiger partial charge in [-0.05, 0) is 12.8 Å². The molecule has 1 saturated heterocycles. The zero-order valence-electron chi connectivity index (χ0n) is 10.1. The van der Waals surface area contributed by atoms with Crippen LogP contribution in [0.5, 0.6) is 0 Å². The van der Waals surface area contributed by atoms with Crippen molar-refractivity contribution in [2.75, 3.05) is 23.8 Å². The van der Waals surface area contributed by atoms with E-state index in [1.54, 1.807) is 11.8 Å². The lowest BCUT2D eigenvalue weighted by molar-refractivity contribution is -0.120. The van der Waals surface area contributed by atoms with Crippen molar-refractivity contribution >= 4 is 29.4 Å².